The fraction of sp³-hybridized carbons (Fsp3) is 0.571. The van der Waals surface area contributed by atoms with Crippen LogP contribution < -0.4 is 0 Å². The molecule has 9 heavy (non-hydrogen) atoms. The number of rotatable bonds is 0. The molecule has 0 radical (unpaired) electrons. The summed E-state index contributed by atoms with van der Waals surface area (Å²) in [6.07, 6.45) is 6.73. The first-order chi connectivity index (χ1) is 4.47. The summed E-state index contributed by atoms with van der Waals surface area (Å²) in [5.74, 6) is 0. The van der Waals surface area contributed by atoms with Gasteiger partial charge in [0.25, 0.3) is 0 Å². The van der Waals surface area contributed by atoms with Gasteiger partial charge in [0, 0.05) is 5.71 Å². The Hall–Kier alpha value is -0.630. The second kappa shape index (κ2) is 1.95. The van der Waals surface area contributed by atoms with Gasteiger partial charge >= 0.3 is 0 Å². The second-order valence-corrected chi connectivity index (χ2v) is 2.33. The SMILES string of the molecule is C1=CC2OCN=C2CC1. The van der Waals surface area contributed by atoms with Gasteiger partial charge in [-0.2, -0.15) is 0 Å². The van der Waals surface area contributed by atoms with Gasteiger partial charge in [0.15, 0.2) is 0 Å². The lowest BCUT2D eigenvalue weighted by Crippen LogP contribution is -2.17. The molecule has 0 saturated heterocycles. The Labute approximate surface area is 54.2 Å². The molecule has 1 atom stereocenters. The summed E-state index contributed by atoms with van der Waals surface area (Å²) in [7, 11) is 0. The van der Waals surface area contributed by atoms with Crippen LogP contribution in [0, 0.1) is 0 Å². The molecule has 1 unspecified atom stereocenters. The molecule has 1 aliphatic carbocycles. The van der Waals surface area contributed by atoms with Crippen LogP contribution >= 0.6 is 0 Å². The van der Waals surface area contributed by atoms with Gasteiger partial charge in [-0.25, -0.2) is 0 Å². The lowest BCUT2D eigenvalue weighted by atomic mass is 10.0. The lowest BCUT2D eigenvalue weighted by Gasteiger charge is -2.10. The molecule has 2 nitrogen and oxygen atoms in total. The smallest absolute Gasteiger partial charge is 0.138 e. The first-order valence-corrected chi connectivity index (χ1v) is 3.28. The highest BCUT2D eigenvalue weighted by atomic mass is 16.5. The third-order valence-electron chi connectivity index (χ3n) is 1.73. The molecule has 1 heterocycles. The van der Waals surface area contributed by atoms with E-state index in [4.69, 9.17) is 4.74 Å². The number of ether oxygens (including phenoxy) is 1. The van der Waals surface area contributed by atoms with E-state index < -0.39 is 0 Å². The first kappa shape index (κ1) is 5.18. The van der Waals surface area contributed by atoms with Crippen molar-refractivity contribution < 1.29 is 4.74 Å². The zero-order valence-electron chi connectivity index (χ0n) is 5.21. The second-order valence-electron chi connectivity index (χ2n) is 2.33. The average Bonchev–Trinajstić information content (AvgIpc) is 2.33. The predicted octanol–water partition coefficient (Wildman–Crippen LogP) is 1.13. The third-order valence-corrected chi connectivity index (χ3v) is 1.73. The first-order valence-electron chi connectivity index (χ1n) is 3.28. The normalized spacial score (nSPS) is 32.0. The maximum atomic E-state index is 5.27. The molecule has 1 aliphatic heterocycles. The molecule has 0 saturated carbocycles. The van der Waals surface area contributed by atoms with Gasteiger partial charge in [-0.15, -0.1) is 0 Å². The van der Waals surface area contributed by atoms with E-state index in [0.717, 1.165) is 12.8 Å². The third kappa shape index (κ3) is 0.793. The Morgan fingerprint density at radius 1 is 1.67 bits per heavy atom. The molecular formula is C7H9NO. The van der Waals surface area contributed by atoms with Crippen LogP contribution in [0.5, 0.6) is 0 Å². The van der Waals surface area contributed by atoms with Crippen LogP contribution in [0.15, 0.2) is 17.1 Å². The minimum Gasteiger partial charge on any atom is -0.346 e. The van der Waals surface area contributed by atoms with E-state index in [1.54, 1.807) is 0 Å². The van der Waals surface area contributed by atoms with E-state index in [9.17, 15) is 0 Å². The highest BCUT2D eigenvalue weighted by molar-refractivity contribution is 5.92. The Kier molecular flexibility index (Phi) is 1.12. The van der Waals surface area contributed by atoms with Gasteiger partial charge in [-0.1, -0.05) is 12.2 Å². The number of hydrogen-bond donors (Lipinski definition) is 0. The summed E-state index contributed by atoms with van der Waals surface area (Å²) < 4.78 is 5.27. The fourth-order valence-electron chi connectivity index (χ4n) is 1.23. The molecule has 48 valence electrons. The van der Waals surface area contributed by atoms with Crippen LogP contribution in [0.2, 0.25) is 0 Å². The zero-order chi connectivity index (χ0) is 6.10. The van der Waals surface area contributed by atoms with Gasteiger partial charge in [0.05, 0.1) is 0 Å². The number of aliphatic imine (C=N–C) groups is 1. The topological polar surface area (TPSA) is 21.6 Å². The van der Waals surface area contributed by atoms with Crippen molar-refractivity contribution in [2.24, 2.45) is 4.99 Å². The minimum absolute atomic E-state index is 0.235. The number of allylic oxidation sites excluding steroid dienone is 1. The monoisotopic (exact) mass is 123 g/mol. The van der Waals surface area contributed by atoms with E-state index in [-0.39, 0.29) is 6.10 Å². The molecule has 2 rings (SSSR count). The highest BCUT2D eigenvalue weighted by Gasteiger charge is 2.20. The Morgan fingerprint density at radius 2 is 2.67 bits per heavy atom. The summed E-state index contributed by atoms with van der Waals surface area (Å²) in [5.41, 5.74) is 1.23. The number of hydrogen-bond acceptors (Lipinski definition) is 2. The molecule has 0 amide bonds. The molecule has 0 N–H and O–H groups in total. The molecule has 0 aromatic carbocycles. The quantitative estimate of drug-likeness (QED) is 0.442. The summed E-state index contributed by atoms with van der Waals surface area (Å²) in [6.45, 7) is 0.574. The van der Waals surface area contributed by atoms with E-state index in [0.29, 0.717) is 6.73 Å². The minimum atomic E-state index is 0.235. The summed E-state index contributed by atoms with van der Waals surface area (Å²) in [5, 5.41) is 0. The van der Waals surface area contributed by atoms with Crippen LogP contribution in [0.25, 0.3) is 0 Å². The predicted molar refractivity (Wildman–Crippen MR) is 35.5 cm³/mol. The Bertz CT molecular complexity index is 172. The van der Waals surface area contributed by atoms with Gasteiger partial charge < -0.3 is 4.74 Å². The molecule has 0 aromatic heterocycles. The maximum absolute atomic E-state index is 5.27. The average molecular weight is 123 g/mol. The van der Waals surface area contributed by atoms with E-state index in [1.807, 2.05) is 0 Å². The van der Waals surface area contributed by atoms with Gasteiger partial charge in [-0.3, -0.25) is 4.99 Å². The molecule has 0 fully saturated rings. The maximum Gasteiger partial charge on any atom is 0.138 e. The fourth-order valence-corrected chi connectivity index (χ4v) is 1.23. The molecular weight excluding hydrogens is 114 g/mol. The Morgan fingerprint density at radius 3 is 3.56 bits per heavy atom. The summed E-state index contributed by atoms with van der Waals surface area (Å²) in [6, 6.07) is 0. The number of fused-ring (bicyclic) bond motifs is 1. The van der Waals surface area contributed by atoms with Crippen molar-refractivity contribution >= 4 is 5.71 Å². The van der Waals surface area contributed by atoms with Crippen molar-refractivity contribution in [2.45, 2.75) is 18.9 Å². The Balaban J connectivity index is 2.23. The summed E-state index contributed by atoms with van der Waals surface area (Å²) >= 11 is 0. The van der Waals surface area contributed by atoms with Crippen molar-refractivity contribution in [3.63, 3.8) is 0 Å². The van der Waals surface area contributed by atoms with Gasteiger partial charge in [0.1, 0.15) is 12.8 Å². The van der Waals surface area contributed by atoms with Crippen molar-refractivity contribution in [3.8, 4) is 0 Å². The van der Waals surface area contributed by atoms with Crippen LogP contribution in [0.4, 0.5) is 0 Å². The van der Waals surface area contributed by atoms with E-state index in [2.05, 4.69) is 17.1 Å². The molecule has 2 heteroatoms. The van der Waals surface area contributed by atoms with Gasteiger partial charge in [0.2, 0.25) is 0 Å². The van der Waals surface area contributed by atoms with Crippen LogP contribution in [-0.2, 0) is 4.74 Å². The van der Waals surface area contributed by atoms with Crippen LogP contribution in [-0.4, -0.2) is 18.5 Å². The molecule has 0 aromatic rings. The van der Waals surface area contributed by atoms with E-state index >= 15 is 0 Å². The largest absolute Gasteiger partial charge is 0.346 e. The molecule has 0 bridgehead atoms. The lowest BCUT2D eigenvalue weighted by molar-refractivity contribution is 0.155. The van der Waals surface area contributed by atoms with Crippen molar-refractivity contribution in [2.75, 3.05) is 6.73 Å². The van der Waals surface area contributed by atoms with Crippen molar-refractivity contribution in [3.05, 3.63) is 12.2 Å². The molecule has 0 spiro atoms. The van der Waals surface area contributed by atoms with E-state index in [1.165, 1.54) is 5.71 Å². The van der Waals surface area contributed by atoms with Crippen molar-refractivity contribution in [1.29, 1.82) is 0 Å². The van der Waals surface area contributed by atoms with Crippen LogP contribution in [0.3, 0.4) is 0 Å². The zero-order valence-corrected chi connectivity index (χ0v) is 5.21. The van der Waals surface area contributed by atoms with Gasteiger partial charge in [-0.05, 0) is 12.8 Å². The van der Waals surface area contributed by atoms with Crippen molar-refractivity contribution in [1.82, 2.24) is 0 Å². The highest BCUT2D eigenvalue weighted by Crippen LogP contribution is 2.16. The molecule has 2 aliphatic rings. The van der Waals surface area contributed by atoms with Crippen LogP contribution in [0.1, 0.15) is 12.8 Å². The number of nitrogens with zero attached hydrogens (tertiary/aromatic N) is 1. The summed E-state index contributed by atoms with van der Waals surface area (Å²) in [4.78, 5) is 4.20. The standard InChI is InChI=1S/C7H9NO/c1-2-4-7-6(3-1)8-5-9-7/h2,4,7H,1,3,5H2.